The van der Waals surface area contributed by atoms with Crippen LogP contribution in [0, 0.1) is 0 Å². The standard InChI is InChI=1S/C32H29Br3/c1-31(2)13-14-32(3,4)27-19-30(35)25(18-26(27)31)22-16-20(23-9-5-7-11-28(23)33)15-21(17-22)24-10-6-8-12-29(24)34/h5-12,15-19H,13-14H2,1-4H3. The van der Waals surface area contributed by atoms with E-state index in [0.29, 0.717) is 0 Å². The van der Waals surface area contributed by atoms with Crippen LogP contribution in [0.25, 0.3) is 33.4 Å². The molecule has 5 rings (SSSR count). The number of benzene rings is 4. The minimum atomic E-state index is 0.158. The molecule has 0 spiro atoms. The van der Waals surface area contributed by atoms with Crippen molar-refractivity contribution in [2.24, 2.45) is 0 Å². The van der Waals surface area contributed by atoms with Crippen LogP contribution in [0.4, 0.5) is 0 Å². The summed E-state index contributed by atoms with van der Waals surface area (Å²) < 4.78 is 3.36. The molecule has 1 aliphatic rings. The van der Waals surface area contributed by atoms with Gasteiger partial charge < -0.3 is 0 Å². The number of fused-ring (bicyclic) bond motifs is 1. The topological polar surface area (TPSA) is 0 Å². The van der Waals surface area contributed by atoms with E-state index in [1.54, 1.807) is 0 Å². The van der Waals surface area contributed by atoms with Gasteiger partial charge in [-0.25, -0.2) is 0 Å². The van der Waals surface area contributed by atoms with Crippen LogP contribution in [0.15, 0.2) is 92.3 Å². The fraction of sp³-hybridized carbons (Fsp3) is 0.250. The third-order valence-electron chi connectivity index (χ3n) is 7.55. The summed E-state index contributed by atoms with van der Waals surface area (Å²) in [5.41, 5.74) is 10.5. The largest absolute Gasteiger partial charge is 0.0616 e. The van der Waals surface area contributed by atoms with Gasteiger partial charge in [0.2, 0.25) is 0 Å². The minimum absolute atomic E-state index is 0.158. The van der Waals surface area contributed by atoms with Crippen LogP contribution in [0.5, 0.6) is 0 Å². The SMILES string of the molecule is CC1(C)CCC(C)(C)c2cc(-c3cc(-c4ccccc4Br)cc(-c4ccccc4Br)c3)c(Br)cc21. The lowest BCUT2D eigenvalue weighted by Crippen LogP contribution is -2.33. The van der Waals surface area contributed by atoms with Crippen LogP contribution in [-0.2, 0) is 10.8 Å². The lowest BCUT2D eigenvalue weighted by Gasteiger charge is -2.42. The first kappa shape index (κ1) is 25.0. The first-order valence-electron chi connectivity index (χ1n) is 12.1. The van der Waals surface area contributed by atoms with Crippen LogP contribution in [0.2, 0.25) is 0 Å². The molecule has 0 radical (unpaired) electrons. The number of hydrogen-bond donors (Lipinski definition) is 0. The summed E-state index contributed by atoms with van der Waals surface area (Å²) in [5.74, 6) is 0. The minimum Gasteiger partial charge on any atom is -0.0616 e. The van der Waals surface area contributed by atoms with Gasteiger partial charge in [0.1, 0.15) is 0 Å². The Kier molecular flexibility index (Phi) is 6.66. The Bertz CT molecular complexity index is 1370. The number of rotatable bonds is 3. The molecule has 0 fully saturated rings. The van der Waals surface area contributed by atoms with Gasteiger partial charge in [0.25, 0.3) is 0 Å². The fourth-order valence-electron chi connectivity index (χ4n) is 5.29. The van der Waals surface area contributed by atoms with Crippen molar-refractivity contribution in [2.75, 3.05) is 0 Å². The van der Waals surface area contributed by atoms with E-state index in [9.17, 15) is 0 Å². The van der Waals surface area contributed by atoms with Crippen molar-refractivity contribution in [1.29, 1.82) is 0 Å². The number of halogens is 3. The molecule has 0 atom stereocenters. The second-order valence-electron chi connectivity index (χ2n) is 10.9. The first-order chi connectivity index (χ1) is 16.6. The van der Waals surface area contributed by atoms with Crippen LogP contribution in [0.3, 0.4) is 0 Å². The summed E-state index contributed by atoms with van der Waals surface area (Å²) in [6.07, 6.45) is 2.41. The van der Waals surface area contributed by atoms with Crippen molar-refractivity contribution in [3.63, 3.8) is 0 Å². The van der Waals surface area contributed by atoms with E-state index in [4.69, 9.17) is 0 Å². The van der Waals surface area contributed by atoms with E-state index in [0.717, 1.165) is 13.4 Å². The van der Waals surface area contributed by atoms with Crippen LogP contribution >= 0.6 is 47.8 Å². The van der Waals surface area contributed by atoms with Gasteiger partial charge in [0.15, 0.2) is 0 Å². The molecule has 0 bridgehead atoms. The Balaban J connectivity index is 1.78. The van der Waals surface area contributed by atoms with Crippen LogP contribution in [-0.4, -0.2) is 0 Å². The van der Waals surface area contributed by atoms with Crippen molar-refractivity contribution >= 4 is 47.8 Å². The van der Waals surface area contributed by atoms with E-state index in [2.05, 4.69) is 154 Å². The molecule has 4 aromatic carbocycles. The molecule has 35 heavy (non-hydrogen) atoms. The molecule has 0 saturated carbocycles. The summed E-state index contributed by atoms with van der Waals surface area (Å²) >= 11 is 11.5. The summed E-state index contributed by atoms with van der Waals surface area (Å²) in [6.45, 7) is 9.54. The predicted octanol–water partition coefficient (Wildman–Crippen LogP) is 11.3. The lowest BCUT2D eigenvalue weighted by atomic mass is 9.63. The Hall–Kier alpha value is -1.68. The van der Waals surface area contributed by atoms with Crippen molar-refractivity contribution in [1.82, 2.24) is 0 Å². The molecule has 4 aromatic rings. The van der Waals surface area contributed by atoms with Gasteiger partial charge in [0, 0.05) is 13.4 Å². The fourth-order valence-corrected chi connectivity index (χ4v) is 6.89. The summed E-state index contributed by atoms with van der Waals surface area (Å²) in [6, 6.07) is 28.7. The molecule has 0 N–H and O–H groups in total. The molecule has 178 valence electrons. The van der Waals surface area contributed by atoms with Gasteiger partial charge >= 0.3 is 0 Å². The zero-order valence-electron chi connectivity index (χ0n) is 20.6. The molecule has 0 heterocycles. The van der Waals surface area contributed by atoms with E-state index < -0.39 is 0 Å². The van der Waals surface area contributed by atoms with E-state index in [-0.39, 0.29) is 10.8 Å². The normalized spacial score (nSPS) is 16.1. The highest BCUT2D eigenvalue weighted by Gasteiger charge is 2.37. The second kappa shape index (κ2) is 9.32. The van der Waals surface area contributed by atoms with E-state index in [1.165, 1.54) is 57.3 Å². The molecule has 3 heteroatoms. The van der Waals surface area contributed by atoms with Gasteiger partial charge in [-0.1, -0.05) is 112 Å². The van der Waals surface area contributed by atoms with Crippen molar-refractivity contribution < 1.29 is 0 Å². The first-order valence-corrected chi connectivity index (χ1v) is 14.4. The maximum Gasteiger partial charge on any atom is 0.0256 e. The quantitative estimate of drug-likeness (QED) is 0.207. The van der Waals surface area contributed by atoms with Crippen LogP contribution in [0.1, 0.15) is 51.7 Å². The van der Waals surface area contributed by atoms with Crippen molar-refractivity contribution in [2.45, 2.75) is 51.4 Å². The predicted molar refractivity (Wildman–Crippen MR) is 161 cm³/mol. The van der Waals surface area contributed by atoms with Gasteiger partial charge in [-0.2, -0.15) is 0 Å². The maximum absolute atomic E-state index is 3.97. The maximum atomic E-state index is 3.97. The van der Waals surface area contributed by atoms with Gasteiger partial charge in [-0.05, 0) is 111 Å². The third kappa shape index (κ3) is 4.72. The van der Waals surface area contributed by atoms with Crippen molar-refractivity contribution in [3.8, 4) is 33.4 Å². The second-order valence-corrected chi connectivity index (χ2v) is 13.5. The Morgan fingerprint density at radius 3 is 1.34 bits per heavy atom. The molecular formula is C32H29Br3. The Morgan fingerprint density at radius 1 is 0.486 bits per heavy atom. The number of hydrogen-bond acceptors (Lipinski definition) is 0. The summed E-state index contributed by atoms with van der Waals surface area (Å²) in [5, 5.41) is 0. The average molecular weight is 653 g/mol. The van der Waals surface area contributed by atoms with E-state index in [1.807, 2.05) is 0 Å². The Morgan fingerprint density at radius 2 is 0.886 bits per heavy atom. The molecule has 0 aliphatic heterocycles. The summed E-state index contributed by atoms with van der Waals surface area (Å²) in [7, 11) is 0. The molecule has 0 aromatic heterocycles. The highest BCUT2D eigenvalue weighted by Crippen LogP contribution is 2.49. The zero-order valence-corrected chi connectivity index (χ0v) is 25.3. The zero-order chi connectivity index (χ0) is 25.0. The van der Waals surface area contributed by atoms with Crippen LogP contribution < -0.4 is 0 Å². The van der Waals surface area contributed by atoms with Crippen molar-refractivity contribution in [3.05, 3.63) is 103 Å². The average Bonchev–Trinajstić information content (AvgIpc) is 2.82. The summed E-state index contributed by atoms with van der Waals surface area (Å²) in [4.78, 5) is 0. The molecule has 0 nitrogen and oxygen atoms in total. The Labute approximate surface area is 234 Å². The van der Waals surface area contributed by atoms with Gasteiger partial charge in [-0.15, -0.1) is 0 Å². The lowest BCUT2D eigenvalue weighted by molar-refractivity contribution is 0.332. The van der Waals surface area contributed by atoms with Gasteiger partial charge in [-0.3, -0.25) is 0 Å². The molecule has 0 unspecified atom stereocenters. The molecule has 1 aliphatic carbocycles. The highest BCUT2D eigenvalue weighted by molar-refractivity contribution is 9.11. The monoisotopic (exact) mass is 650 g/mol. The highest BCUT2D eigenvalue weighted by atomic mass is 79.9. The van der Waals surface area contributed by atoms with Gasteiger partial charge in [0.05, 0.1) is 0 Å². The molecular weight excluding hydrogens is 624 g/mol. The third-order valence-corrected chi connectivity index (χ3v) is 9.59. The molecule has 0 saturated heterocycles. The molecule has 0 amide bonds. The smallest absolute Gasteiger partial charge is 0.0256 e. The van der Waals surface area contributed by atoms with E-state index >= 15 is 0 Å².